The smallest absolute Gasteiger partial charge is 0.118 e. The second-order valence-electron chi connectivity index (χ2n) is 4.88. The molecule has 86 valence electrons. The average molecular weight is 224 g/mol. The summed E-state index contributed by atoms with van der Waals surface area (Å²) in [6.07, 6.45) is 7.28. The summed E-state index contributed by atoms with van der Waals surface area (Å²) in [5.74, 6) is 9.69. The van der Waals surface area contributed by atoms with Crippen LogP contribution >= 0.6 is 0 Å². The van der Waals surface area contributed by atoms with Crippen molar-refractivity contribution in [2.45, 2.75) is 12.8 Å². The van der Waals surface area contributed by atoms with Gasteiger partial charge in [0.2, 0.25) is 0 Å². The molecule has 17 heavy (non-hydrogen) atoms. The molecule has 0 amide bonds. The van der Waals surface area contributed by atoms with Crippen molar-refractivity contribution in [1.82, 2.24) is 0 Å². The number of rotatable bonds is 1. The van der Waals surface area contributed by atoms with E-state index in [0.717, 1.165) is 17.2 Å². The molecule has 0 spiro atoms. The zero-order valence-corrected chi connectivity index (χ0v) is 10.0. The molecule has 2 aliphatic carbocycles. The van der Waals surface area contributed by atoms with Gasteiger partial charge in [-0.1, -0.05) is 24.0 Å². The Labute approximate surface area is 102 Å². The van der Waals surface area contributed by atoms with Gasteiger partial charge in [-0.3, -0.25) is 0 Å². The summed E-state index contributed by atoms with van der Waals surface area (Å²) in [4.78, 5) is 0. The van der Waals surface area contributed by atoms with Crippen molar-refractivity contribution < 1.29 is 4.74 Å². The molecule has 2 aliphatic rings. The Bertz CT molecular complexity index is 486. The molecule has 1 heteroatoms. The first-order chi connectivity index (χ1) is 8.35. The number of hydrogen-bond acceptors (Lipinski definition) is 1. The normalized spacial score (nSPS) is 28.9. The molecule has 0 aliphatic heterocycles. The largest absolute Gasteiger partial charge is 0.497 e. The van der Waals surface area contributed by atoms with Crippen molar-refractivity contribution in [2.75, 3.05) is 7.11 Å². The standard InChI is InChI=1S/C16H16O/c1-17-16-8-4-12(5-9-16)2-6-14-10-13-3-7-15(14)11-13/h3-5,7-9,13-15H,10-11H2,1H3/t13-,14-,15-/m0/s1. The molecule has 0 N–H and O–H groups in total. The van der Waals surface area contributed by atoms with E-state index in [2.05, 4.69) is 24.0 Å². The molecule has 1 aromatic carbocycles. The van der Waals surface area contributed by atoms with Gasteiger partial charge in [-0.25, -0.2) is 0 Å². The van der Waals surface area contributed by atoms with Gasteiger partial charge in [0, 0.05) is 11.5 Å². The summed E-state index contributed by atoms with van der Waals surface area (Å²) in [7, 11) is 1.68. The van der Waals surface area contributed by atoms with Gasteiger partial charge in [0.1, 0.15) is 5.75 Å². The third kappa shape index (κ3) is 2.08. The van der Waals surface area contributed by atoms with Gasteiger partial charge >= 0.3 is 0 Å². The van der Waals surface area contributed by atoms with E-state index in [9.17, 15) is 0 Å². The van der Waals surface area contributed by atoms with E-state index in [1.807, 2.05) is 24.3 Å². The summed E-state index contributed by atoms with van der Waals surface area (Å²) < 4.78 is 5.13. The van der Waals surface area contributed by atoms with E-state index < -0.39 is 0 Å². The molecule has 0 unspecified atom stereocenters. The number of benzene rings is 1. The molecular formula is C16H16O. The Morgan fingerprint density at radius 1 is 1.12 bits per heavy atom. The first-order valence-corrected chi connectivity index (χ1v) is 6.19. The minimum Gasteiger partial charge on any atom is -0.497 e. The van der Waals surface area contributed by atoms with E-state index in [4.69, 9.17) is 4.74 Å². The zero-order chi connectivity index (χ0) is 11.7. The van der Waals surface area contributed by atoms with Crippen LogP contribution in [0.25, 0.3) is 0 Å². The van der Waals surface area contributed by atoms with Gasteiger partial charge in [0.25, 0.3) is 0 Å². The van der Waals surface area contributed by atoms with Crippen LogP contribution in [0.1, 0.15) is 18.4 Å². The third-order valence-electron chi connectivity index (χ3n) is 3.77. The molecule has 0 aromatic heterocycles. The molecular weight excluding hydrogens is 208 g/mol. The van der Waals surface area contributed by atoms with Crippen LogP contribution in [-0.4, -0.2) is 7.11 Å². The molecule has 1 saturated carbocycles. The summed E-state index contributed by atoms with van der Waals surface area (Å²) in [6, 6.07) is 7.97. The van der Waals surface area contributed by atoms with E-state index in [0.29, 0.717) is 11.8 Å². The van der Waals surface area contributed by atoms with Gasteiger partial charge in [0.15, 0.2) is 0 Å². The lowest BCUT2D eigenvalue weighted by Crippen LogP contribution is -2.03. The van der Waals surface area contributed by atoms with Crippen LogP contribution in [0.3, 0.4) is 0 Å². The SMILES string of the molecule is COc1ccc(C#C[C@H]2C[C@@H]3C=C[C@H]2C3)cc1. The highest BCUT2D eigenvalue weighted by atomic mass is 16.5. The van der Waals surface area contributed by atoms with Crippen LogP contribution in [0.2, 0.25) is 0 Å². The molecule has 1 nitrogen and oxygen atoms in total. The average Bonchev–Trinajstić information content (AvgIpc) is 2.99. The predicted molar refractivity (Wildman–Crippen MR) is 68.7 cm³/mol. The molecule has 3 rings (SSSR count). The van der Waals surface area contributed by atoms with Crippen molar-refractivity contribution in [3.05, 3.63) is 42.0 Å². The van der Waals surface area contributed by atoms with E-state index >= 15 is 0 Å². The molecule has 1 aromatic rings. The van der Waals surface area contributed by atoms with Gasteiger partial charge in [-0.05, 0) is 48.9 Å². The van der Waals surface area contributed by atoms with Gasteiger partial charge in [-0.15, -0.1) is 0 Å². The maximum Gasteiger partial charge on any atom is 0.118 e. The minimum atomic E-state index is 0.576. The number of methoxy groups -OCH3 is 1. The summed E-state index contributed by atoms with van der Waals surface area (Å²) in [5, 5.41) is 0. The number of fused-ring (bicyclic) bond motifs is 2. The first kappa shape index (κ1) is 10.5. The number of hydrogen-bond donors (Lipinski definition) is 0. The third-order valence-corrected chi connectivity index (χ3v) is 3.77. The van der Waals surface area contributed by atoms with Crippen LogP contribution in [0.4, 0.5) is 0 Å². The van der Waals surface area contributed by atoms with E-state index in [1.54, 1.807) is 7.11 Å². The molecule has 3 atom stereocenters. The fourth-order valence-corrected chi connectivity index (χ4v) is 2.80. The number of ether oxygens (including phenoxy) is 1. The van der Waals surface area contributed by atoms with Gasteiger partial charge in [-0.2, -0.15) is 0 Å². The Morgan fingerprint density at radius 3 is 2.53 bits per heavy atom. The highest BCUT2D eigenvalue weighted by molar-refractivity contribution is 5.39. The molecule has 0 radical (unpaired) electrons. The maximum absolute atomic E-state index is 5.13. The van der Waals surface area contributed by atoms with Crippen molar-refractivity contribution in [3.8, 4) is 17.6 Å². The first-order valence-electron chi connectivity index (χ1n) is 6.19. The molecule has 2 bridgehead atoms. The van der Waals surface area contributed by atoms with Crippen LogP contribution in [-0.2, 0) is 0 Å². The highest BCUT2D eigenvalue weighted by Gasteiger charge is 2.34. The van der Waals surface area contributed by atoms with Crippen molar-refractivity contribution >= 4 is 0 Å². The van der Waals surface area contributed by atoms with E-state index in [-0.39, 0.29) is 0 Å². The Morgan fingerprint density at radius 2 is 1.94 bits per heavy atom. The Kier molecular flexibility index (Phi) is 2.65. The lowest BCUT2D eigenvalue weighted by atomic mass is 9.94. The van der Waals surface area contributed by atoms with Crippen molar-refractivity contribution in [1.29, 1.82) is 0 Å². The fraction of sp³-hybridized carbons (Fsp3) is 0.375. The van der Waals surface area contributed by atoms with Crippen LogP contribution in [0, 0.1) is 29.6 Å². The molecule has 0 heterocycles. The van der Waals surface area contributed by atoms with Crippen LogP contribution < -0.4 is 4.74 Å². The van der Waals surface area contributed by atoms with Crippen LogP contribution in [0.5, 0.6) is 5.75 Å². The molecule has 1 fully saturated rings. The highest BCUT2D eigenvalue weighted by Crippen LogP contribution is 2.42. The lowest BCUT2D eigenvalue weighted by Gasteiger charge is -2.10. The fourth-order valence-electron chi connectivity index (χ4n) is 2.80. The lowest BCUT2D eigenvalue weighted by molar-refractivity contribution is 0.415. The van der Waals surface area contributed by atoms with Crippen molar-refractivity contribution in [3.63, 3.8) is 0 Å². The van der Waals surface area contributed by atoms with Gasteiger partial charge in [0.05, 0.1) is 7.11 Å². The molecule has 0 saturated heterocycles. The zero-order valence-electron chi connectivity index (χ0n) is 10.0. The second kappa shape index (κ2) is 4.30. The maximum atomic E-state index is 5.13. The minimum absolute atomic E-state index is 0.576. The monoisotopic (exact) mass is 224 g/mol. The van der Waals surface area contributed by atoms with Gasteiger partial charge < -0.3 is 4.74 Å². The summed E-state index contributed by atoms with van der Waals surface area (Å²) >= 11 is 0. The quantitative estimate of drug-likeness (QED) is 0.525. The van der Waals surface area contributed by atoms with Crippen LogP contribution in [0.15, 0.2) is 36.4 Å². The topological polar surface area (TPSA) is 9.23 Å². The summed E-state index contributed by atoms with van der Waals surface area (Å²) in [6.45, 7) is 0. The number of allylic oxidation sites excluding steroid dienone is 2. The Hall–Kier alpha value is -1.68. The Balaban J connectivity index is 1.72. The predicted octanol–water partition coefficient (Wildman–Crippen LogP) is 3.26. The summed E-state index contributed by atoms with van der Waals surface area (Å²) in [5.41, 5.74) is 1.08. The van der Waals surface area contributed by atoms with Crippen molar-refractivity contribution in [2.24, 2.45) is 17.8 Å². The van der Waals surface area contributed by atoms with E-state index in [1.165, 1.54) is 12.8 Å². The second-order valence-corrected chi connectivity index (χ2v) is 4.88.